The van der Waals surface area contributed by atoms with Gasteiger partial charge in [0.25, 0.3) is 5.91 Å². The van der Waals surface area contributed by atoms with Crippen LogP contribution in [0.15, 0.2) is 6.07 Å². The summed E-state index contributed by atoms with van der Waals surface area (Å²) in [5, 5.41) is 2.69. The van der Waals surface area contributed by atoms with E-state index in [0.29, 0.717) is 38.4 Å². The Labute approximate surface area is 149 Å². The predicted molar refractivity (Wildman–Crippen MR) is 94.6 cm³/mol. The number of nitrogens with zero attached hydrogens (tertiary/aromatic N) is 2. The van der Waals surface area contributed by atoms with E-state index in [2.05, 4.69) is 9.88 Å². The second-order valence-electron chi connectivity index (χ2n) is 6.58. The largest absolute Gasteiger partial charge is 0.384 e. The minimum atomic E-state index is -0.231. The Bertz CT molecular complexity index is 626. The molecule has 1 aliphatic heterocycles. The Morgan fingerprint density at radius 2 is 1.96 bits per heavy atom. The van der Waals surface area contributed by atoms with Crippen molar-refractivity contribution in [3.63, 3.8) is 0 Å². The normalized spacial score (nSPS) is 20.1. The second-order valence-corrected chi connectivity index (χ2v) is 6.58. The van der Waals surface area contributed by atoms with Gasteiger partial charge in [-0.2, -0.15) is 0 Å². The van der Waals surface area contributed by atoms with Gasteiger partial charge in [0.2, 0.25) is 5.91 Å². The third-order valence-electron chi connectivity index (χ3n) is 5.02. The first-order chi connectivity index (χ1) is 11.9. The quantitative estimate of drug-likeness (QED) is 0.790. The van der Waals surface area contributed by atoms with E-state index in [0.717, 1.165) is 11.4 Å². The van der Waals surface area contributed by atoms with Crippen LogP contribution in [0.5, 0.6) is 0 Å². The molecule has 0 aliphatic carbocycles. The van der Waals surface area contributed by atoms with Crippen molar-refractivity contribution < 1.29 is 19.1 Å². The molecule has 0 aromatic carbocycles. The maximum Gasteiger partial charge on any atom is 0.255 e. The Morgan fingerprint density at radius 1 is 1.24 bits per heavy atom. The summed E-state index contributed by atoms with van der Waals surface area (Å²) in [6, 6.07) is 1.92. The van der Waals surface area contributed by atoms with Gasteiger partial charge in [-0.15, -0.1) is 0 Å². The molecule has 7 heteroatoms. The molecule has 1 fully saturated rings. The van der Waals surface area contributed by atoms with Crippen LogP contribution < -0.4 is 5.32 Å². The van der Waals surface area contributed by atoms with E-state index >= 15 is 0 Å². The molecule has 2 atom stereocenters. The molecule has 2 rings (SSSR count). The third kappa shape index (κ3) is 4.04. The molecule has 1 saturated heterocycles. The highest BCUT2D eigenvalue weighted by molar-refractivity contribution is 5.96. The Morgan fingerprint density at radius 3 is 2.56 bits per heavy atom. The minimum absolute atomic E-state index is 0.0193. The molecule has 1 N–H and O–H groups in total. The summed E-state index contributed by atoms with van der Waals surface area (Å²) in [7, 11) is 4.91. The number of hydrogen-bond donors (Lipinski definition) is 1. The Balaban J connectivity index is 2.19. The van der Waals surface area contributed by atoms with Gasteiger partial charge < -0.3 is 24.3 Å². The zero-order valence-electron chi connectivity index (χ0n) is 15.8. The summed E-state index contributed by atoms with van der Waals surface area (Å²) < 4.78 is 12.5. The summed E-state index contributed by atoms with van der Waals surface area (Å²) in [5.74, 6) is -0.274. The number of ether oxygens (including phenoxy) is 2. The molecular weight excluding hydrogens is 322 g/mol. The molecule has 25 heavy (non-hydrogen) atoms. The Kier molecular flexibility index (Phi) is 6.61. The monoisotopic (exact) mass is 351 g/mol. The lowest BCUT2D eigenvalue weighted by Crippen LogP contribution is -2.34. The lowest BCUT2D eigenvalue weighted by Gasteiger charge is -2.16. The number of hydrogen-bond acceptors (Lipinski definition) is 4. The van der Waals surface area contributed by atoms with E-state index in [1.54, 1.807) is 26.2 Å². The Hall–Kier alpha value is -1.86. The first kappa shape index (κ1) is 19.5. The van der Waals surface area contributed by atoms with Crippen molar-refractivity contribution in [2.75, 3.05) is 47.6 Å². The number of amides is 2. The number of carbonyl (C=O) groups excluding carboxylic acids is 2. The summed E-state index contributed by atoms with van der Waals surface area (Å²) in [6.07, 6.45) is 0. The van der Waals surface area contributed by atoms with Crippen molar-refractivity contribution in [2.45, 2.75) is 20.4 Å². The van der Waals surface area contributed by atoms with Crippen molar-refractivity contribution in [1.29, 1.82) is 0 Å². The zero-order valence-corrected chi connectivity index (χ0v) is 15.8. The average Bonchev–Trinajstić information content (AvgIpc) is 3.14. The van der Waals surface area contributed by atoms with Gasteiger partial charge in [-0.25, -0.2) is 0 Å². The molecule has 0 bridgehead atoms. The first-order valence-corrected chi connectivity index (χ1v) is 8.60. The van der Waals surface area contributed by atoms with Crippen LogP contribution in [-0.2, 0) is 20.8 Å². The van der Waals surface area contributed by atoms with E-state index in [1.807, 2.05) is 19.9 Å². The lowest BCUT2D eigenvalue weighted by molar-refractivity contribution is -0.125. The molecule has 140 valence electrons. The van der Waals surface area contributed by atoms with Gasteiger partial charge in [0, 0.05) is 58.2 Å². The molecule has 1 aromatic heterocycles. The highest BCUT2D eigenvalue weighted by Crippen LogP contribution is 2.27. The number of aromatic nitrogens is 1. The molecule has 0 saturated carbocycles. The molecule has 1 aromatic rings. The van der Waals surface area contributed by atoms with Crippen LogP contribution in [-0.4, -0.2) is 68.9 Å². The van der Waals surface area contributed by atoms with Gasteiger partial charge in [0.05, 0.1) is 24.7 Å². The fourth-order valence-corrected chi connectivity index (χ4v) is 3.62. The summed E-state index contributed by atoms with van der Waals surface area (Å²) in [6.45, 7) is 6.69. The predicted octanol–water partition coefficient (Wildman–Crippen LogP) is 0.832. The number of likely N-dealkylation sites (tertiary alicyclic amines) is 1. The summed E-state index contributed by atoms with van der Waals surface area (Å²) in [4.78, 5) is 26.9. The number of nitrogens with one attached hydrogen (secondary N) is 1. The summed E-state index contributed by atoms with van der Waals surface area (Å²) in [5.41, 5.74) is 2.67. The van der Waals surface area contributed by atoms with Gasteiger partial charge in [-0.1, -0.05) is 0 Å². The van der Waals surface area contributed by atoms with Crippen molar-refractivity contribution in [3.05, 3.63) is 23.0 Å². The van der Waals surface area contributed by atoms with Crippen molar-refractivity contribution in [2.24, 2.45) is 11.8 Å². The van der Waals surface area contributed by atoms with Crippen LogP contribution in [0.3, 0.4) is 0 Å². The van der Waals surface area contributed by atoms with Crippen molar-refractivity contribution in [3.8, 4) is 0 Å². The van der Waals surface area contributed by atoms with E-state index in [9.17, 15) is 9.59 Å². The van der Waals surface area contributed by atoms with E-state index in [1.165, 1.54) is 0 Å². The van der Waals surface area contributed by atoms with E-state index in [4.69, 9.17) is 9.47 Å². The molecule has 0 radical (unpaired) electrons. The third-order valence-corrected chi connectivity index (χ3v) is 5.02. The molecule has 2 amide bonds. The van der Waals surface area contributed by atoms with Crippen LogP contribution in [0.2, 0.25) is 0 Å². The number of methoxy groups -OCH3 is 2. The van der Waals surface area contributed by atoms with Gasteiger partial charge in [0.1, 0.15) is 0 Å². The first-order valence-electron chi connectivity index (χ1n) is 8.60. The fraction of sp³-hybridized carbons (Fsp3) is 0.667. The van der Waals surface area contributed by atoms with Crippen LogP contribution in [0.25, 0.3) is 0 Å². The zero-order chi connectivity index (χ0) is 18.6. The summed E-state index contributed by atoms with van der Waals surface area (Å²) >= 11 is 0. The van der Waals surface area contributed by atoms with Crippen LogP contribution in [0.1, 0.15) is 21.7 Å². The highest BCUT2D eigenvalue weighted by Gasteiger charge is 2.39. The number of carbonyl (C=O) groups is 2. The highest BCUT2D eigenvalue weighted by atomic mass is 16.5. The number of aryl methyl sites for hydroxylation is 1. The molecule has 7 nitrogen and oxygen atoms in total. The van der Waals surface area contributed by atoms with Gasteiger partial charge >= 0.3 is 0 Å². The fourth-order valence-electron chi connectivity index (χ4n) is 3.62. The van der Waals surface area contributed by atoms with Gasteiger partial charge in [-0.3, -0.25) is 9.59 Å². The number of rotatable bonds is 7. The van der Waals surface area contributed by atoms with Crippen LogP contribution in [0.4, 0.5) is 0 Å². The van der Waals surface area contributed by atoms with Gasteiger partial charge in [0.15, 0.2) is 0 Å². The van der Waals surface area contributed by atoms with Gasteiger partial charge in [-0.05, 0) is 19.9 Å². The van der Waals surface area contributed by atoms with Crippen LogP contribution in [0, 0.1) is 25.7 Å². The maximum absolute atomic E-state index is 13.0. The molecule has 2 heterocycles. The molecule has 0 unspecified atom stereocenters. The smallest absolute Gasteiger partial charge is 0.255 e. The lowest BCUT2D eigenvalue weighted by atomic mass is 9.96. The SMILES string of the molecule is CNC(=O)[C@@H]1CN(C(=O)c2cc(C)n(CCOC)c2C)C[C@H]1COC. The molecule has 0 spiro atoms. The topological polar surface area (TPSA) is 72.8 Å². The van der Waals surface area contributed by atoms with E-state index in [-0.39, 0.29) is 23.7 Å². The second kappa shape index (κ2) is 8.49. The maximum atomic E-state index is 13.0. The van der Waals surface area contributed by atoms with Crippen molar-refractivity contribution in [1.82, 2.24) is 14.8 Å². The van der Waals surface area contributed by atoms with Crippen molar-refractivity contribution >= 4 is 11.8 Å². The van der Waals surface area contributed by atoms with Crippen LogP contribution >= 0.6 is 0 Å². The van der Waals surface area contributed by atoms with E-state index < -0.39 is 0 Å². The standard InChI is InChI=1S/C18H29N3O4/c1-12-8-15(13(2)21(12)6-7-24-4)18(23)20-9-14(11-25-5)16(10-20)17(22)19-3/h8,14,16H,6-7,9-11H2,1-5H3,(H,19,22)/t14-,16+/m0/s1. The average molecular weight is 351 g/mol. The minimum Gasteiger partial charge on any atom is -0.384 e. The molecular formula is C18H29N3O4. The molecule has 1 aliphatic rings.